The highest BCUT2D eigenvalue weighted by molar-refractivity contribution is 6.37. The van der Waals surface area contributed by atoms with Crippen LogP contribution >= 0.6 is 0 Å². The number of benzene rings is 5. The highest BCUT2D eigenvalue weighted by Crippen LogP contribution is 2.37. The Balaban J connectivity index is 1.48. The van der Waals surface area contributed by atoms with Gasteiger partial charge in [-0.05, 0) is 45.1 Å². The van der Waals surface area contributed by atoms with Gasteiger partial charge in [0.25, 0.3) is 0 Å². The monoisotopic (exact) mass is 532 g/mol. The summed E-state index contributed by atoms with van der Waals surface area (Å²) >= 11 is 0. The van der Waals surface area contributed by atoms with Gasteiger partial charge in [0, 0.05) is 23.6 Å². The molecule has 194 valence electrons. The Hall–Kier alpha value is -4.32. The van der Waals surface area contributed by atoms with Crippen LogP contribution < -0.4 is 18.8 Å². The van der Waals surface area contributed by atoms with E-state index in [-0.39, 0.29) is 5.75 Å². The number of fused-ring (bicyclic) bond motifs is 4. The van der Waals surface area contributed by atoms with Crippen LogP contribution in [0.4, 0.5) is 26.3 Å². The van der Waals surface area contributed by atoms with Crippen LogP contribution in [0.25, 0.3) is 32.3 Å². The molecular weight excluding hydrogens is 517 g/mol. The molecule has 0 aromatic heterocycles. The third kappa shape index (κ3) is 5.81. The first kappa shape index (κ1) is 25.3. The van der Waals surface area contributed by atoms with Crippen molar-refractivity contribution in [1.29, 1.82) is 0 Å². The van der Waals surface area contributed by atoms with Crippen molar-refractivity contribution in [2.45, 2.75) is 12.7 Å². The molecule has 0 saturated carbocycles. The molecule has 0 aliphatic rings. The zero-order chi connectivity index (χ0) is 27.1. The third-order valence-corrected chi connectivity index (χ3v) is 5.47. The van der Waals surface area contributed by atoms with E-state index in [2.05, 4.69) is 9.47 Å². The van der Waals surface area contributed by atoms with Crippen LogP contribution in [0, 0.1) is 0 Å². The molecule has 0 aliphatic carbocycles. The van der Waals surface area contributed by atoms with Crippen molar-refractivity contribution >= 4 is 39.6 Å². The maximum atomic E-state index is 12.7. The summed E-state index contributed by atoms with van der Waals surface area (Å²) in [5.74, 6) is -2.56. The largest absolute Gasteiger partial charge is 0.785 e. The van der Waals surface area contributed by atoms with Crippen molar-refractivity contribution in [2.75, 3.05) is 0 Å². The lowest BCUT2D eigenvalue weighted by Crippen LogP contribution is -2.30. The summed E-state index contributed by atoms with van der Waals surface area (Å²) in [5.41, 5.74) is 0. The molecule has 0 saturated heterocycles. The topological polar surface area (TPSA) is 57.2 Å². The first-order chi connectivity index (χ1) is 17.9. The molecule has 5 aromatic carbocycles. The first-order valence-electron chi connectivity index (χ1n) is 11.0. The lowest BCUT2D eigenvalue weighted by Gasteiger charge is -2.17. The minimum absolute atomic E-state index is 0.172. The molecule has 0 unspecified atom stereocenters. The van der Waals surface area contributed by atoms with Crippen LogP contribution in [0.15, 0.2) is 84.9 Å². The Bertz CT molecular complexity index is 1600. The molecule has 5 nitrogen and oxygen atoms in total. The van der Waals surface area contributed by atoms with Gasteiger partial charge in [0.1, 0.15) is 23.0 Å². The SMILES string of the molecule is OB(Oc1cc(OC(F)(F)F)cc(OC(F)(F)F)c1)Oc1cccc2ccc3cc4ccccc4cc3c12. The summed E-state index contributed by atoms with van der Waals surface area (Å²) in [6.07, 6.45) is -10.4. The second-order valence-corrected chi connectivity index (χ2v) is 8.12. The van der Waals surface area contributed by atoms with Gasteiger partial charge in [0.2, 0.25) is 0 Å². The Morgan fingerprint density at radius 2 is 1.11 bits per heavy atom. The number of ether oxygens (including phenoxy) is 2. The second-order valence-electron chi connectivity index (χ2n) is 8.12. The van der Waals surface area contributed by atoms with E-state index < -0.39 is 37.3 Å². The van der Waals surface area contributed by atoms with Crippen molar-refractivity contribution in [3.8, 4) is 23.0 Å². The van der Waals surface area contributed by atoms with Crippen LogP contribution in [0.5, 0.6) is 23.0 Å². The molecule has 12 heteroatoms. The number of hydrogen-bond donors (Lipinski definition) is 1. The molecule has 5 rings (SSSR count). The molecule has 0 amide bonds. The number of halogens is 6. The van der Waals surface area contributed by atoms with Crippen LogP contribution in [-0.4, -0.2) is 25.1 Å². The molecule has 0 heterocycles. The normalized spacial score (nSPS) is 12.1. The van der Waals surface area contributed by atoms with Gasteiger partial charge in [-0.3, -0.25) is 0 Å². The zero-order valence-corrected chi connectivity index (χ0v) is 19.0. The Labute approximate surface area is 210 Å². The van der Waals surface area contributed by atoms with Gasteiger partial charge in [-0.2, -0.15) is 0 Å². The van der Waals surface area contributed by atoms with Crippen LogP contribution in [0.2, 0.25) is 0 Å². The van der Waals surface area contributed by atoms with E-state index in [1.807, 2.05) is 54.6 Å². The van der Waals surface area contributed by atoms with Gasteiger partial charge in [-0.15, -0.1) is 26.3 Å². The fourth-order valence-electron chi connectivity index (χ4n) is 4.11. The van der Waals surface area contributed by atoms with Gasteiger partial charge >= 0.3 is 20.0 Å². The van der Waals surface area contributed by atoms with E-state index in [0.29, 0.717) is 23.6 Å². The Morgan fingerprint density at radius 1 is 0.553 bits per heavy atom. The zero-order valence-electron chi connectivity index (χ0n) is 19.0. The minimum Gasteiger partial charge on any atom is -0.501 e. The van der Waals surface area contributed by atoms with Crippen LogP contribution in [-0.2, 0) is 0 Å². The van der Waals surface area contributed by atoms with E-state index >= 15 is 0 Å². The molecule has 38 heavy (non-hydrogen) atoms. The summed E-state index contributed by atoms with van der Waals surface area (Å²) in [6.45, 7) is 0. The van der Waals surface area contributed by atoms with E-state index in [4.69, 9.17) is 9.31 Å². The van der Waals surface area contributed by atoms with Crippen LogP contribution in [0.3, 0.4) is 0 Å². The maximum absolute atomic E-state index is 12.7. The average Bonchev–Trinajstić information content (AvgIpc) is 2.80. The standard InChI is InChI=1S/C26H15BF6O5/c28-25(29,30)35-19-12-20(36-26(31,32)33)14-21(13-19)37-27(34)38-23-7-3-6-15-8-9-18-10-16-4-1-2-5-17(16)11-22(18)24(15)23/h1-14,34H. The summed E-state index contributed by atoms with van der Waals surface area (Å²) in [5, 5.41) is 15.5. The molecular formula is C26H15BF6O5. The quantitative estimate of drug-likeness (QED) is 0.107. The Morgan fingerprint density at radius 3 is 1.74 bits per heavy atom. The van der Waals surface area contributed by atoms with Crippen molar-refractivity contribution in [3.05, 3.63) is 84.9 Å². The van der Waals surface area contributed by atoms with E-state index in [1.54, 1.807) is 12.1 Å². The number of alkyl halides is 6. The molecule has 1 N–H and O–H groups in total. The lowest BCUT2D eigenvalue weighted by atomic mass is 9.97. The molecule has 0 fully saturated rings. The predicted molar refractivity (Wildman–Crippen MR) is 128 cm³/mol. The molecule has 5 aromatic rings. The van der Waals surface area contributed by atoms with Gasteiger partial charge in [0.05, 0.1) is 0 Å². The van der Waals surface area contributed by atoms with Gasteiger partial charge in [-0.25, -0.2) is 0 Å². The van der Waals surface area contributed by atoms with Crippen molar-refractivity contribution in [2.24, 2.45) is 0 Å². The number of hydrogen-bond acceptors (Lipinski definition) is 5. The fraction of sp³-hybridized carbons (Fsp3) is 0.0769. The lowest BCUT2D eigenvalue weighted by molar-refractivity contribution is -0.276. The highest BCUT2D eigenvalue weighted by atomic mass is 19.4. The fourth-order valence-corrected chi connectivity index (χ4v) is 4.11. The molecule has 0 aliphatic heterocycles. The third-order valence-electron chi connectivity index (χ3n) is 5.47. The van der Waals surface area contributed by atoms with Gasteiger partial charge < -0.3 is 23.8 Å². The highest BCUT2D eigenvalue weighted by Gasteiger charge is 2.34. The van der Waals surface area contributed by atoms with Crippen LogP contribution in [0.1, 0.15) is 0 Å². The smallest absolute Gasteiger partial charge is 0.501 e. The summed E-state index contributed by atoms with van der Waals surface area (Å²) in [4.78, 5) is 0. The van der Waals surface area contributed by atoms with Crippen molar-refractivity contribution < 1.29 is 50.1 Å². The number of rotatable bonds is 6. The van der Waals surface area contributed by atoms with Gasteiger partial charge in [-0.1, -0.05) is 48.5 Å². The van der Waals surface area contributed by atoms with Crippen molar-refractivity contribution in [1.82, 2.24) is 0 Å². The molecule has 0 radical (unpaired) electrons. The first-order valence-corrected chi connectivity index (χ1v) is 11.0. The van der Waals surface area contributed by atoms with E-state index in [1.165, 1.54) is 0 Å². The van der Waals surface area contributed by atoms with E-state index in [9.17, 15) is 31.4 Å². The summed E-state index contributed by atoms with van der Waals surface area (Å²) in [7, 11) is -2.11. The van der Waals surface area contributed by atoms with Gasteiger partial charge in [0.15, 0.2) is 0 Å². The Kier molecular flexibility index (Phi) is 6.35. The maximum Gasteiger partial charge on any atom is 0.785 e. The minimum atomic E-state index is -5.20. The van der Waals surface area contributed by atoms with E-state index in [0.717, 1.165) is 26.9 Å². The molecule has 0 atom stereocenters. The van der Waals surface area contributed by atoms with Crippen molar-refractivity contribution in [3.63, 3.8) is 0 Å². The summed E-state index contributed by atoms with van der Waals surface area (Å²) < 4.78 is 94.0. The average molecular weight is 532 g/mol. The summed E-state index contributed by atoms with van der Waals surface area (Å²) in [6, 6.07) is 22.1. The molecule has 0 bridgehead atoms. The predicted octanol–water partition coefficient (Wildman–Crippen LogP) is 7.38. The second kappa shape index (κ2) is 9.53. The molecule has 0 spiro atoms.